The molecule has 2 atom stereocenters. The summed E-state index contributed by atoms with van der Waals surface area (Å²) < 4.78 is 0. The molecule has 0 heterocycles. The molecule has 1 aliphatic rings. The Bertz CT molecular complexity index is 496. The number of benzene rings is 1. The van der Waals surface area contributed by atoms with Crippen LogP contribution in [0.5, 0.6) is 0 Å². The SMILES string of the molecule is CN=C(NCC(C)(C)c1cccc(Cl)c1)NC1CC1C. The second kappa shape index (κ2) is 6.04. The fourth-order valence-corrected chi connectivity index (χ4v) is 2.40. The summed E-state index contributed by atoms with van der Waals surface area (Å²) in [6.45, 7) is 7.48. The molecule has 0 amide bonds. The van der Waals surface area contributed by atoms with E-state index in [4.69, 9.17) is 11.6 Å². The number of nitrogens with one attached hydrogen (secondary N) is 2. The zero-order chi connectivity index (χ0) is 14.8. The van der Waals surface area contributed by atoms with Crippen LogP contribution in [0.25, 0.3) is 0 Å². The molecule has 0 radical (unpaired) electrons. The number of rotatable bonds is 4. The first-order chi connectivity index (χ1) is 9.42. The largest absolute Gasteiger partial charge is 0.356 e. The summed E-state index contributed by atoms with van der Waals surface area (Å²) in [4.78, 5) is 4.29. The van der Waals surface area contributed by atoms with Gasteiger partial charge in [-0.1, -0.05) is 44.5 Å². The van der Waals surface area contributed by atoms with Gasteiger partial charge in [0.25, 0.3) is 0 Å². The number of hydrogen-bond donors (Lipinski definition) is 2. The third-order valence-electron chi connectivity index (χ3n) is 3.96. The molecule has 0 bridgehead atoms. The van der Waals surface area contributed by atoms with Crippen LogP contribution < -0.4 is 10.6 Å². The van der Waals surface area contributed by atoms with Crippen molar-refractivity contribution in [3.63, 3.8) is 0 Å². The first kappa shape index (κ1) is 15.2. The van der Waals surface area contributed by atoms with Crippen LogP contribution in [0.2, 0.25) is 5.02 Å². The Morgan fingerprint density at radius 3 is 2.70 bits per heavy atom. The summed E-state index contributed by atoms with van der Waals surface area (Å²) in [5.74, 6) is 1.64. The maximum Gasteiger partial charge on any atom is 0.191 e. The molecule has 2 unspecified atom stereocenters. The van der Waals surface area contributed by atoms with Crippen LogP contribution in [-0.4, -0.2) is 25.6 Å². The third-order valence-corrected chi connectivity index (χ3v) is 4.19. The van der Waals surface area contributed by atoms with E-state index >= 15 is 0 Å². The molecule has 4 heteroatoms. The molecule has 1 fully saturated rings. The Morgan fingerprint density at radius 2 is 2.15 bits per heavy atom. The highest BCUT2D eigenvalue weighted by atomic mass is 35.5. The molecule has 0 saturated heterocycles. The predicted molar refractivity (Wildman–Crippen MR) is 86.5 cm³/mol. The summed E-state index contributed by atoms with van der Waals surface area (Å²) in [6, 6.07) is 8.63. The lowest BCUT2D eigenvalue weighted by Gasteiger charge is -2.27. The van der Waals surface area contributed by atoms with Crippen molar-refractivity contribution >= 4 is 17.6 Å². The molecular formula is C16H24ClN3. The van der Waals surface area contributed by atoms with Crippen LogP contribution in [0.3, 0.4) is 0 Å². The summed E-state index contributed by atoms with van der Waals surface area (Å²) >= 11 is 6.08. The molecule has 110 valence electrons. The minimum atomic E-state index is -0.00229. The van der Waals surface area contributed by atoms with Crippen molar-refractivity contribution in [3.8, 4) is 0 Å². The zero-order valence-electron chi connectivity index (χ0n) is 12.7. The second-order valence-corrected chi connectivity index (χ2v) is 6.72. The van der Waals surface area contributed by atoms with E-state index in [1.807, 2.05) is 25.2 Å². The van der Waals surface area contributed by atoms with Crippen molar-refractivity contribution < 1.29 is 0 Å². The molecular weight excluding hydrogens is 270 g/mol. The Kier molecular flexibility index (Phi) is 4.59. The lowest BCUT2D eigenvalue weighted by atomic mass is 9.84. The molecule has 20 heavy (non-hydrogen) atoms. The van der Waals surface area contributed by atoms with Gasteiger partial charge in [-0.3, -0.25) is 4.99 Å². The Labute approximate surface area is 126 Å². The van der Waals surface area contributed by atoms with E-state index in [1.165, 1.54) is 12.0 Å². The molecule has 0 aromatic heterocycles. The fourth-order valence-electron chi connectivity index (χ4n) is 2.21. The van der Waals surface area contributed by atoms with Gasteiger partial charge in [0, 0.05) is 30.1 Å². The number of aliphatic imine (C=N–C) groups is 1. The maximum absolute atomic E-state index is 6.08. The van der Waals surface area contributed by atoms with Gasteiger partial charge in [-0.15, -0.1) is 0 Å². The lowest BCUT2D eigenvalue weighted by molar-refractivity contribution is 0.508. The van der Waals surface area contributed by atoms with Crippen LogP contribution in [0, 0.1) is 5.92 Å². The zero-order valence-corrected chi connectivity index (χ0v) is 13.5. The number of halogens is 1. The number of nitrogens with zero attached hydrogens (tertiary/aromatic N) is 1. The average Bonchev–Trinajstić information content (AvgIpc) is 3.10. The number of hydrogen-bond acceptors (Lipinski definition) is 1. The van der Waals surface area contributed by atoms with E-state index in [-0.39, 0.29) is 5.41 Å². The minimum Gasteiger partial charge on any atom is -0.356 e. The minimum absolute atomic E-state index is 0.00229. The lowest BCUT2D eigenvalue weighted by Crippen LogP contribution is -2.44. The molecule has 0 spiro atoms. The van der Waals surface area contributed by atoms with Crippen molar-refractivity contribution in [2.45, 2.75) is 38.6 Å². The first-order valence-electron chi connectivity index (χ1n) is 7.15. The molecule has 3 nitrogen and oxygen atoms in total. The summed E-state index contributed by atoms with van der Waals surface area (Å²) in [5, 5.41) is 7.64. The summed E-state index contributed by atoms with van der Waals surface area (Å²) in [7, 11) is 1.81. The predicted octanol–water partition coefficient (Wildman–Crippen LogP) is 3.19. The van der Waals surface area contributed by atoms with Gasteiger partial charge >= 0.3 is 0 Å². The Balaban J connectivity index is 1.94. The topological polar surface area (TPSA) is 36.4 Å². The molecule has 1 saturated carbocycles. The molecule has 1 aromatic carbocycles. The van der Waals surface area contributed by atoms with E-state index in [2.05, 4.69) is 42.5 Å². The fraction of sp³-hybridized carbons (Fsp3) is 0.562. The second-order valence-electron chi connectivity index (χ2n) is 6.28. The molecule has 0 aliphatic heterocycles. The highest BCUT2D eigenvalue weighted by Gasteiger charge is 2.33. The van der Waals surface area contributed by atoms with Crippen LogP contribution >= 0.6 is 11.6 Å². The third kappa shape index (κ3) is 3.89. The van der Waals surface area contributed by atoms with Gasteiger partial charge in [0.05, 0.1) is 0 Å². The van der Waals surface area contributed by atoms with E-state index in [1.54, 1.807) is 0 Å². The molecule has 1 aliphatic carbocycles. The van der Waals surface area contributed by atoms with Gasteiger partial charge in [-0.05, 0) is 30.0 Å². The summed E-state index contributed by atoms with van der Waals surface area (Å²) in [5.41, 5.74) is 1.23. The molecule has 1 aromatic rings. The maximum atomic E-state index is 6.08. The van der Waals surface area contributed by atoms with Gasteiger partial charge in [0.1, 0.15) is 0 Å². The standard InChI is InChI=1S/C16H24ClN3/c1-11-8-14(11)20-15(18-4)19-10-16(2,3)12-6-5-7-13(17)9-12/h5-7,9,11,14H,8,10H2,1-4H3,(H2,18,19,20). The van der Waals surface area contributed by atoms with E-state index in [9.17, 15) is 0 Å². The highest BCUT2D eigenvalue weighted by Crippen LogP contribution is 2.29. The van der Waals surface area contributed by atoms with Crippen molar-refractivity contribution in [2.24, 2.45) is 10.9 Å². The quantitative estimate of drug-likeness (QED) is 0.661. The van der Waals surface area contributed by atoms with Gasteiger partial charge in [0.15, 0.2) is 5.96 Å². The van der Waals surface area contributed by atoms with Crippen LogP contribution in [0.15, 0.2) is 29.3 Å². The van der Waals surface area contributed by atoms with Crippen molar-refractivity contribution in [1.29, 1.82) is 0 Å². The van der Waals surface area contributed by atoms with Gasteiger partial charge in [-0.25, -0.2) is 0 Å². The van der Waals surface area contributed by atoms with E-state index < -0.39 is 0 Å². The molecule has 2 N–H and O–H groups in total. The van der Waals surface area contributed by atoms with Crippen LogP contribution in [0.4, 0.5) is 0 Å². The monoisotopic (exact) mass is 293 g/mol. The van der Waals surface area contributed by atoms with Crippen molar-refractivity contribution in [3.05, 3.63) is 34.9 Å². The van der Waals surface area contributed by atoms with Gasteiger partial charge < -0.3 is 10.6 Å². The van der Waals surface area contributed by atoms with Crippen molar-refractivity contribution in [1.82, 2.24) is 10.6 Å². The Morgan fingerprint density at radius 1 is 1.45 bits per heavy atom. The van der Waals surface area contributed by atoms with E-state index in [0.717, 1.165) is 23.4 Å². The first-order valence-corrected chi connectivity index (χ1v) is 7.53. The van der Waals surface area contributed by atoms with E-state index in [0.29, 0.717) is 6.04 Å². The number of guanidine groups is 1. The van der Waals surface area contributed by atoms with Gasteiger partial charge in [0.2, 0.25) is 0 Å². The van der Waals surface area contributed by atoms with Gasteiger partial charge in [-0.2, -0.15) is 0 Å². The highest BCUT2D eigenvalue weighted by molar-refractivity contribution is 6.30. The Hall–Kier alpha value is -1.22. The van der Waals surface area contributed by atoms with Crippen LogP contribution in [0.1, 0.15) is 32.8 Å². The smallest absolute Gasteiger partial charge is 0.191 e. The molecule has 2 rings (SSSR count). The normalized spacial score (nSPS) is 22.6. The summed E-state index contributed by atoms with van der Waals surface area (Å²) in [6.07, 6.45) is 1.23. The van der Waals surface area contributed by atoms with Crippen LogP contribution in [-0.2, 0) is 5.41 Å². The van der Waals surface area contributed by atoms with Crippen molar-refractivity contribution in [2.75, 3.05) is 13.6 Å². The average molecular weight is 294 g/mol.